The quantitative estimate of drug-likeness (QED) is 0.848. The van der Waals surface area contributed by atoms with Crippen molar-refractivity contribution < 1.29 is 9.90 Å². The molecule has 0 aliphatic heterocycles. The van der Waals surface area contributed by atoms with Crippen molar-refractivity contribution in [2.45, 2.75) is 53.4 Å². The number of benzene rings is 1. The Labute approximate surface area is 140 Å². The average molecular weight is 315 g/mol. The van der Waals surface area contributed by atoms with Gasteiger partial charge in [-0.1, -0.05) is 49.8 Å². The molecular weight excluding hydrogens is 286 g/mol. The lowest BCUT2D eigenvalue weighted by Gasteiger charge is -2.10. The number of rotatable bonds is 5. The molecule has 3 heteroatoms. The van der Waals surface area contributed by atoms with Crippen LogP contribution in [-0.2, 0) is 11.2 Å². The van der Waals surface area contributed by atoms with E-state index in [1.807, 2.05) is 39.8 Å². The van der Waals surface area contributed by atoms with E-state index in [9.17, 15) is 9.90 Å². The number of hydrogen-bond donors (Lipinski definition) is 2. The smallest absolute Gasteiger partial charge is 0.224 e. The molecule has 0 unspecified atom stereocenters. The molecule has 0 fully saturated rings. The number of phenolic OH excluding ortho intramolecular Hbond substituents is 1. The summed E-state index contributed by atoms with van der Waals surface area (Å²) in [6, 6.07) is 3.74. The summed E-state index contributed by atoms with van der Waals surface area (Å²) >= 11 is 0. The van der Waals surface area contributed by atoms with Crippen molar-refractivity contribution in [1.29, 1.82) is 0 Å². The van der Waals surface area contributed by atoms with Crippen LogP contribution in [0, 0.1) is 13.8 Å². The molecule has 126 valence electrons. The summed E-state index contributed by atoms with van der Waals surface area (Å²) < 4.78 is 0. The second-order valence-corrected chi connectivity index (χ2v) is 5.61. The van der Waals surface area contributed by atoms with E-state index in [-0.39, 0.29) is 5.91 Å². The Bertz CT molecular complexity index is 562. The van der Waals surface area contributed by atoms with Gasteiger partial charge in [-0.25, -0.2) is 0 Å². The summed E-state index contributed by atoms with van der Waals surface area (Å²) in [5.74, 6) is 0.343. The third-order valence-electron chi connectivity index (χ3n) is 3.72. The topological polar surface area (TPSA) is 49.3 Å². The highest BCUT2D eigenvalue weighted by Crippen LogP contribution is 2.23. The second-order valence-electron chi connectivity index (χ2n) is 5.61. The van der Waals surface area contributed by atoms with E-state index in [4.69, 9.17) is 0 Å². The minimum atomic E-state index is 0.0277. The van der Waals surface area contributed by atoms with E-state index < -0.39 is 0 Å². The van der Waals surface area contributed by atoms with Crippen LogP contribution in [0.2, 0.25) is 0 Å². The predicted octanol–water partition coefficient (Wildman–Crippen LogP) is 4.36. The van der Waals surface area contributed by atoms with E-state index >= 15 is 0 Å². The van der Waals surface area contributed by atoms with E-state index in [0.717, 1.165) is 36.0 Å². The highest BCUT2D eigenvalue weighted by molar-refractivity contribution is 5.78. The van der Waals surface area contributed by atoms with Gasteiger partial charge in [-0.3, -0.25) is 4.79 Å². The van der Waals surface area contributed by atoms with Crippen molar-refractivity contribution in [2.75, 3.05) is 6.54 Å². The van der Waals surface area contributed by atoms with E-state index in [1.165, 1.54) is 5.57 Å². The van der Waals surface area contributed by atoms with Crippen LogP contribution in [0.25, 0.3) is 0 Å². The van der Waals surface area contributed by atoms with Crippen molar-refractivity contribution >= 4 is 5.91 Å². The third kappa shape index (κ3) is 6.31. The van der Waals surface area contributed by atoms with Gasteiger partial charge in [0.05, 0.1) is 6.42 Å². The molecular formula is C20H29NO2. The zero-order valence-electron chi connectivity index (χ0n) is 14.8. The third-order valence-corrected chi connectivity index (χ3v) is 3.72. The molecule has 0 aromatic heterocycles. The van der Waals surface area contributed by atoms with Crippen LogP contribution < -0.4 is 5.32 Å². The summed E-state index contributed by atoms with van der Waals surface area (Å²) in [7, 11) is 0. The van der Waals surface area contributed by atoms with Gasteiger partial charge in [0.2, 0.25) is 5.91 Å². The molecule has 0 radical (unpaired) electrons. The standard InChI is InChI=1S/C18H23NO2.C2H6/c1-13-10-16(11-14(2)18(13)21)12-17(20)19-9-8-15-6-4-3-5-7-15;1-2/h4,6-7,10-11,21H,3,5,8-9,12H2,1-2H3,(H,19,20);1-2H3. The second kappa shape index (κ2) is 9.88. The van der Waals surface area contributed by atoms with Crippen LogP contribution in [0.3, 0.4) is 0 Å². The van der Waals surface area contributed by atoms with Gasteiger partial charge in [0, 0.05) is 6.54 Å². The van der Waals surface area contributed by atoms with Gasteiger partial charge in [0.15, 0.2) is 0 Å². The molecule has 23 heavy (non-hydrogen) atoms. The average Bonchev–Trinajstić information content (AvgIpc) is 2.55. The number of phenols is 1. The first-order valence-electron chi connectivity index (χ1n) is 8.47. The monoisotopic (exact) mass is 315 g/mol. The molecule has 3 nitrogen and oxygen atoms in total. The lowest BCUT2D eigenvalue weighted by Crippen LogP contribution is -2.26. The zero-order valence-corrected chi connectivity index (χ0v) is 14.8. The molecule has 2 rings (SSSR count). The number of hydrogen-bond acceptors (Lipinski definition) is 2. The number of carbonyl (C=O) groups excluding carboxylic acids is 1. The maximum absolute atomic E-state index is 12.0. The van der Waals surface area contributed by atoms with Crippen LogP contribution in [-0.4, -0.2) is 17.6 Å². The van der Waals surface area contributed by atoms with Crippen molar-refractivity contribution in [1.82, 2.24) is 5.32 Å². The van der Waals surface area contributed by atoms with Crippen LogP contribution >= 0.6 is 0 Å². The molecule has 1 aliphatic rings. The molecule has 0 spiro atoms. The van der Waals surface area contributed by atoms with Gasteiger partial charge in [-0.2, -0.15) is 0 Å². The van der Waals surface area contributed by atoms with E-state index in [1.54, 1.807) is 0 Å². The number of amides is 1. The summed E-state index contributed by atoms with van der Waals surface area (Å²) in [4.78, 5) is 12.0. The summed E-state index contributed by atoms with van der Waals surface area (Å²) in [5.41, 5.74) is 3.88. The minimum absolute atomic E-state index is 0.0277. The van der Waals surface area contributed by atoms with Crippen LogP contribution in [0.4, 0.5) is 0 Å². The summed E-state index contributed by atoms with van der Waals surface area (Å²) in [5, 5.41) is 12.7. The molecule has 1 aliphatic carbocycles. The lowest BCUT2D eigenvalue weighted by atomic mass is 10.0. The Morgan fingerprint density at radius 1 is 1.17 bits per heavy atom. The van der Waals surface area contributed by atoms with Gasteiger partial charge < -0.3 is 10.4 Å². The first-order chi connectivity index (χ1) is 11.1. The Morgan fingerprint density at radius 2 is 1.83 bits per heavy atom. The molecule has 0 bridgehead atoms. The summed E-state index contributed by atoms with van der Waals surface area (Å²) in [6.45, 7) is 8.38. The molecule has 0 saturated carbocycles. The number of allylic oxidation sites excluding steroid dienone is 3. The van der Waals surface area contributed by atoms with E-state index in [0.29, 0.717) is 18.7 Å². The number of nitrogens with one attached hydrogen (secondary N) is 1. The molecule has 0 saturated heterocycles. The minimum Gasteiger partial charge on any atom is -0.507 e. The lowest BCUT2D eigenvalue weighted by molar-refractivity contribution is -0.120. The molecule has 0 heterocycles. The van der Waals surface area contributed by atoms with Crippen LogP contribution in [0.1, 0.15) is 49.8 Å². The maximum Gasteiger partial charge on any atom is 0.224 e. The molecule has 2 N–H and O–H groups in total. The Kier molecular flexibility index (Phi) is 8.17. The van der Waals surface area contributed by atoms with E-state index in [2.05, 4.69) is 23.5 Å². The fraction of sp³-hybridized carbons (Fsp3) is 0.450. The normalized spacial score (nSPS) is 13.0. The Balaban J connectivity index is 0.00000127. The van der Waals surface area contributed by atoms with Crippen molar-refractivity contribution in [2.24, 2.45) is 0 Å². The van der Waals surface area contributed by atoms with Crippen LogP contribution in [0.15, 0.2) is 35.9 Å². The van der Waals surface area contributed by atoms with Gasteiger partial charge in [-0.15, -0.1) is 0 Å². The van der Waals surface area contributed by atoms with Crippen molar-refractivity contribution in [3.8, 4) is 5.75 Å². The van der Waals surface area contributed by atoms with Crippen molar-refractivity contribution in [3.05, 3.63) is 52.6 Å². The zero-order chi connectivity index (χ0) is 17.2. The molecule has 0 atom stereocenters. The molecule has 1 aromatic rings. The van der Waals surface area contributed by atoms with Gasteiger partial charge in [0.1, 0.15) is 5.75 Å². The maximum atomic E-state index is 12.0. The Morgan fingerprint density at radius 3 is 2.39 bits per heavy atom. The van der Waals surface area contributed by atoms with Gasteiger partial charge in [0.25, 0.3) is 0 Å². The predicted molar refractivity (Wildman–Crippen MR) is 96.7 cm³/mol. The highest BCUT2D eigenvalue weighted by Gasteiger charge is 2.08. The first kappa shape index (κ1) is 19.0. The summed E-state index contributed by atoms with van der Waals surface area (Å²) in [6.07, 6.45) is 10.0. The fourth-order valence-electron chi connectivity index (χ4n) is 2.59. The Hall–Kier alpha value is -2.03. The molecule has 1 amide bonds. The number of aryl methyl sites for hydroxylation is 2. The largest absolute Gasteiger partial charge is 0.507 e. The SMILES string of the molecule is CC.Cc1cc(CC(=O)NCCC2=CCCC=C2)cc(C)c1O. The van der Waals surface area contributed by atoms with Gasteiger partial charge >= 0.3 is 0 Å². The first-order valence-corrected chi connectivity index (χ1v) is 8.47. The van der Waals surface area contributed by atoms with Crippen LogP contribution in [0.5, 0.6) is 5.75 Å². The number of aromatic hydroxyl groups is 1. The fourth-order valence-corrected chi connectivity index (χ4v) is 2.59. The van der Waals surface area contributed by atoms with Crippen molar-refractivity contribution in [3.63, 3.8) is 0 Å². The molecule has 1 aromatic carbocycles. The van der Waals surface area contributed by atoms with Gasteiger partial charge in [-0.05, 0) is 49.8 Å². The number of carbonyl (C=O) groups is 1. The highest BCUT2D eigenvalue weighted by atomic mass is 16.3.